The van der Waals surface area contributed by atoms with Crippen LogP contribution in [0.1, 0.15) is 33.9 Å². The third kappa shape index (κ3) is 2.70. The van der Waals surface area contributed by atoms with E-state index in [4.69, 9.17) is 9.84 Å². The van der Waals surface area contributed by atoms with E-state index in [2.05, 4.69) is 11.4 Å². The monoisotopic (exact) mass is 283 g/mol. The van der Waals surface area contributed by atoms with E-state index in [0.29, 0.717) is 12.2 Å². The van der Waals surface area contributed by atoms with Gasteiger partial charge in [0.25, 0.3) is 0 Å². The lowest BCUT2D eigenvalue weighted by molar-refractivity contribution is 0.0697. The van der Waals surface area contributed by atoms with E-state index < -0.39 is 5.97 Å². The zero-order chi connectivity index (χ0) is 14.8. The summed E-state index contributed by atoms with van der Waals surface area (Å²) < 4.78 is 5.65. The number of carboxylic acids is 1. The minimum Gasteiger partial charge on any atom is -0.493 e. The molecule has 1 heterocycles. The molecule has 0 amide bonds. The van der Waals surface area contributed by atoms with Gasteiger partial charge in [-0.05, 0) is 36.8 Å². The Morgan fingerprint density at radius 2 is 2.10 bits per heavy atom. The van der Waals surface area contributed by atoms with Crippen molar-refractivity contribution >= 4 is 11.7 Å². The third-order valence-corrected chi connectivity index (χ3v) is 3.76. The average Bonchev–Trinajstić information content (AvgIpc) is 2.49. The summed E-state index contributed by atoms with van der Waals surface area (Å²) in [5.41, 5.74) is 3.34. The van der Waals surface area contributed by atoms with E-state index in [0.717, 1.165) is 29.0 Å². The summed E-state index contributed by atoms with van der Waals surface area (Å²) >= 11 is 0. The smallest absolute Gasteiger partial charge is 0.335 e. The van der Waals surface area contributed by atoms with Gasteiger partial charge in [-0.25, -0.2) is 4.79 Å². The maximum atomic E-state index is 11.0. The minimum absolute atomic E-state index is 0.185. The lowest BCUT2D eigenvalue weighted by Crippen LogP contribution is -2.20. The van der Waals surface area contributed by atoms with Crippen LogP contribution in [0, 0.1) is 6.92 Å². The summed E-state index contributed by atoms with van der Waals surface area (Å²) in [5, 5.41) is 12.5. The number of nitrogens with one attached hydrogen (secondary N) is 1. The summed E-state index contributed by atoms with van der Waals surface area (Å²) in [6.07, 6.45) is 0.886. The standard InChI is InChI=1S/C17H17NO3/c1-11-10-12(17(19)20)6-7-14(11)18-15-8-9-21-16-5-3-2-4-13(15)16/h2-7,10,15,18H,8-9H2,1H3,(H,19,20). The van der Waals surface area contributed by atoms with E-state index in [-0.39, 0.29) is 6.04 Å². The molecular formula is C17H17NO3. The largest absolute Gasteiger partial charge is 0.493 e. The molecule has 0 saturated heterocycles. The van der Waals surface area contributed by atoms with Crippen LogP contribution in [-0.4, -0.2) is 17.7 Å². The first-order chi connectivity index (χ1) is 10.1. The van der Waals surface area contributed by atoms with Gasteiger partial charge >= 0.3 is 5.97 Å². The highest BCUT2D eigenvalue weighted by Gasteiger charge is 2.21. The molecule has 1 aliphatic heterocycles. The van der Waals surface area contributed by atoms with Gasteiger partial charge in [0, 0.05) is 17.7 Å². The van der Waals surface area contributed by atoms with Crippen LogP contribution in [0.25, 0.3) is 0 Å². The van der Waals surface area contributed by atoms with Crippen LogP contribution in [0.15, 0.2) is 42.5 Å². The molecule has 0 radical (unpaired) electrons. The van der Waals surface area contributed by atoms with Crippen LogP contribution in [0.3, 0.4) is 0 Å². The molecule has 0 fully saturated rings. The SMILES string of the molecule is Cc1cc(C(=O)O)ccc1NC1CCOc2ccccc21. The van der Waals surface area contributed by atoms with E-state index in [9.17, 15) is 4.79 Å². The highest BCUT2D eigenvalue weighted by molar-refractivity contribution is 5.88. The summed E-state index contributed by atoms with van der Waals surface area (Å²) in [6.45, 7) is 2.60. The fourth-order valence-electron chi connectivity index (χ4n) is 2.64. The number of hydrogen-bond donors (Lipinski definition) is 2. The number of fused-ring (bicyclic) bond motifs is 1. The van der Waals surface area contributed by atoms with Crippen molar-refractivity contribution in [1.29, 1.82) is 0 Å². The van der Waals surface area contributed by atoms with Crippen molar-refractivity contribution in [2.45, 2.75) is 19.4 Å². The number of carbonyl (C=O) groups is 1. The molecule has 4 heteroatoms. The van der Waals surface area contributed by atoms with Crippen molar-refractivity contribution in [2.24, 2.45) is 0 Å². The Bertz CT molecular complexity index is 681. The van der Waals surface area contributed by atoms with E-state index in [1.807, 2.05) is 31.2 Å². The van der Waals surface area contributed by atoms with Gasteiger partial charge < -0.3 is 15.2 Å². The predicted octanol–water partition coefficient (Wildman–Crippen LogP) is 3.63. The van der Waals surface area contributed by atoms with Crippen LogP contribution >= 0.6 is 0 Å². The van der Waals surface area contributed by atoms with Gasteiger partial charge in [0.05, 0.1) is 18.2 Å². The van der Waals surface area contributed by atoms with E-state index in [1.54, 1.807) is 12.1 Å². The van der Waals surface area contributed by atoms with Crippen LogP contribution in [0.4, 0.5) is 5.69 Å². The molecular weight excluding hydrogens is 266 g/mol. The van der Waals surface area contributed by atoms with Gasteiger partial charge in [-0.3, -0.25) is 0 Å². The van der Waals surface area contributed by atoms with Gasteiger partial charge in [-0.2, -0.15) is 0 Å². The first-order valence-electron chi connectivity index (χ1n) is 6.97. The van der Waals surface area contributed by atoms with Crippen molar-refractivity contribution in [3.63, 3.8) is 0 Å². The third-order valence-electron chi connectivity index (χ3n) is 3.76. The molecule has 0 spiro atoms. The first-order valence-corrected chi connectivity index (χ1v) is 6.97. The summed E-state index contributed by atoms with van der Waals surface area (Å²) in [4.78, 5) is 11.0. The molecule has 1 aliphatic rings. The normalized spacial score (nSPS) is 16.7. The molecule has 2 N–H and O–H groups in total. The number of rotatable bonds is 3. The number of ether oxygens (including phenoxy) is 1. The molecule has 0 aliphatic carbocycles. The maximum absolute atomic E-state index is 11.0. The summed E-state index contributed by atoms with van der Waals surface area (Å²) in [6, 6.07) is 13.3. The highest BCUT2D eigenvalue weighted by atomic mass is 16.5. The maximum Gasteiger partial charge on any atom is 0.335 e. The molecule has 2 aromatic rings. The Balaban J connectivity index is 1.86. The minimum atomic E-state index is -0.902. The number of aromatic carboxylic acids is 1. The molecule has 0 saturated carbocycles. The zero-order valence-electron chi connectivity index (χ0n) is 11.8. The molecule has 0 aromatic heterocycles. The Morgan fingerprint density at radius 3 is 2.86 bits per heavy atom. The molecule has 2 aromatic carbocycles. The summed E-state index contributed by atoms with van der Waals surface area (Å²) in [5.74, 6) is 0.0159. The Kier molecular flexibility index (Phi) is 3.52. The highest BCUT2D eigenvalue weighted by Crippen LogP contribution is 2.34. The number of carboxylic acid groups (broad SMARTS) is 1. The number of hydrogen-bond acceptors (Lipinski definition) is 3. The van der Waals surface area contributed by atoms with Crippen LogP contribution in [0.2, 0.25) is 0 Å². The van der Waals surface area contributed by atoms with Crippen molar-refractivity contribution in [3.8, 4) is 5.75 Å². The topological polar surface area (TPSA) is 58.6 Å². The number of aryl methyl sites for hydroxylation is 1. The first kappa shape index (κ1) is 13.5. The molecule has 4 nitrogen and oxygen atoms in total. The van der Waals surface area contributed by atoms with Gasteiger partial charge in [0.15, 0.2) is 0 Å². The molecule has 1 unspecified atom stereocenters. The van der Waals surface area contributed by atoms with Gasteiger partial charge in [0.1, 0.15) is 5.75 Å². The molecule has 3 rings (SSSR count). The molecule has 0 bridgehead atoms. The van der Waals surface area contributed by atoms with E-state index in [1.165, 1.54) is 0 Å². The van der Waals surface area contributed by atoms with Crippen molar-refractivity contribution in [1.82, 2.24) is 0 Å². The van der Waals surface area contributed by atoms with Crippen molar-refractivity contribution < 1.29 is 14.6 Å². The van der Waals surface area contributed by atoms with Crippen LogP contribution in [-0.2, 0) is 0 Å². The van der Waals surface area contributed by atoms with Gasteiger partial charge in [0.2, 0.25) is 0 Å². The van der Waals surface area contributed by atoms with Crippen molar-refractivity contribution in [3.05, 3.63) is 59.2 Å². The fourth-order valence-corrected chi connectivity index (χ4v) is 2.64. The molecule has 21 heavy (non-hydrogen) atoms. The summed E-state index contributed by atoms with van der Waals surface area (Å²) in [7, 11) is 0. The second kappa shape index (κ2) is 5.48. The van der Waals surface area contributed by atoms with Gasteiger partial charge in [-0.15, -0.1) is 0 Å². The lowest BCUT2D eigenvalue weighted by atomic mass is 9.99. The quantitative estimate of drug-likeness (QED) is 0.903. The number of anilines is 1. The Hall–Kier alpha value is -2.49. The molecule has 1 atom stereocenters. The number of benzene rings is 2. The predicted molar refractivity (Wildman–Crippen MR) is 81.1 cm³/mol. The van der Waals surface area contributed by atoms with Crippen molar-refractivity contribution in [2.75, 3.05) is 11.9 Å². The number of para-hydroxylation sites is 1. The van der Waals surface area contributed by atoms with E-state index >= 15 is 0 Å². The fraction of sp³-hybridized carbons (Fsp3) is 0.235. The zero-order valence-corrected chi connectivity index (χ0v) is 11.8. The second-order valence-electron chi connectivity index (χ2n) is 5.21. The Morgan fingerprint density at radius 1 is 1.29 bits per heavy atom. The Labute approximate surface area is 123 Å². The van der Waals surface area contributed by atoms with Gasteiger partial charge in [-0.1, -0.05) is 18.2 Å². The average molecular weight is 283 g/mol. The lowest BCUT2D eigenvalue weighted by Gasteiger charge is -2.28. The van der Waals surface area contributed by atoms with Crippen LogP contribution < -0.4 is 10.1 Å². The molecule has 108 valence electrons. The second-order valence-corrected chi connectivity index (χ2v) is 5.21. The van der Waals surface area contributed by atoms with Crippen LogP contribution in [0.5, 0.6) is 5.75 Å².